The van der Waals surface area contributed by atoms with Gasteiger partial charge in [0.25, 0.3) is 5.91 Å². The molecule has 0 saturated carbocycles. The van der Waals surface area contributed by atoms with Crippen molar-refractivity contribution in [3.8, 4) is 0 Å². The van der Waals surface area contributed by atoms with Crippen molar-refractivity contribution >= 4 is 29.5 Å². The molecule has 6 heteroatoms. The molecule has 152 valence electrons. The highest BCUT2D eigenvalue weighted by Crippen LogP contribution is 2.16. The van der Waals surface area contributed by atoms with Gasteiger partial charge in [0, 0.05) is 24.4 Å². The summed E-state index contributed by atoms with van der Waals surface area (Å²) in [6, 6.07) is 18.6. The number of esters is 1. The molecule has 0 unspecified atom stereocenters. The largest absolute Gasteiger partial charge is 0.455 e. The van der Waals surface area contributed by atoms with Crippen molar-refractivity contribution < 1.29 is 19.1 Å². The van der Waals surface area contributed by atoms with Gasteiger partial charge in [-0.2, -0.15) is 0 Å². The van der Waals surface area contributed by atoms with Crippen LogP contribution in [0.5, 0.6) is 0 Å². The first-order chi connectivity index (χ1) is 14.0. The highest BCUT2D eigenvalue weighted by molar-refractivity contribution is 5.95. The second-order valence-corrected chi connectivity index (χ2v) is 6.64. The summed E-state index contributed by atoms with van der Waals surface area (Å²) in [4.78, 5) is 37.7. The normalized spacial score (nSPS) is 10.7. The van der Waals surface area contributed by atoms with E-state index in [0.29, 0.717) is 0 Å². The van der Waals surface area contributed by atoms with Gasteiger partial charge in [-0.1, -0.05) is 48.5 Å². The third-order valence-corrected chi connectivity index (χ3v) is 4.03. The number of carbonyl (C=O) groups is 3. The Labute approximate surface area is 171 Å². The Morgan fingerprint density at radius 3 is 2.24 bits per heavy atom. The van der Waals surface area contributed by atoms with Gasteiger partial charge in [0.15, 0.2) is 6.61 Å². The van der Waals surface area contributed by atoms with E-state index in [2.05, 4.69) is 5.32 Å². The fraction of sp³-hybridized carbons (Fsp3) is 0.261. The summed E-state index contributed by atoms with van der Waals surface area (Å²) in [7, 11) is 0. The topological polar surface area (TPSA) is 75.7 Å². The number of anilines is 1. The maximum absolute atomic E-state index is 12.5. The molecule has 0 saturated heterocycles. The number of nitrogens with one attached hydrogen (secondary N) is 1. The molecule has 2 aromatic rings. The molecule has 0 radical (unpaired) electrons. The van der Waals surface area contributed by atoms with Crippen molar-refractivity contribution in [1.82, 2.24) is 5.32 Å². The molecular weight excluding hydrogens is 368 g/mol. The number of amides is 2. The number of carbonyl (C=O) groups excluding carboxylic acids is 3. The lowest BCUT2D eigenvalue weighted by Crippen LogP contribution is -2.40. The molecule has 0 heterocycles. The first-order valence-corrected chi connectivity index (χ1v) is 9.51. The lowest BCUT2D eigenvalue weighted by atomic mass is 10.2. The zero-order valence-electron chi connectivity index (χ0n) is 16.7. The SMILES string of the molecule is CC(C)N(C(=O)COC(=O)CCNC(=O)/C=C/c1ccccc1)c1ccccc1. The predicted octanol–water partition coefficient (Wildman–Crippen LogP) is 3.19. The van der Waals surface area contributed by atoms with Crippen molar-refractivity contribution in [2.24, 2.45) is 0 Å². The van der Waals surface area contributed by atoms with Gasteiger partial charge in [-0.15, -0.1) is 0 Å². The molecule has 2 amide bonds. The summed E-state index contributed by atoms with van der Waals surface area (Å²) >= 11 is 0. The molecule has 6 nitrogen and oxygen atoms in total. The van der Waals surface area contributed by atoms with Crippen LogP contribution in [0, 0.1) is 0 Å². The van der Waals surface area contributed by atoms with Crippen LogP contribution in [0.4, 0.5) is 5.69 Å². The zero-order chi connectivity index (χ0) is 21.1. The Bertz CT molecular complexity index is 832. The fourth-order valence-corrected chi connectivity index (χ4v) is 2.69. The Morgan fingerprint density at radius 2 is 1.62 bits per heavy atom. The highest BCUT2D eigenvalue weighted by atomic mass is 16.5. The first kappa shape index (κ1) is 21.9. The van der Waals surface area contributed by atoms with E-state index in [-0.39, 0.29) is 37.4 Å². The first-order valence-electron chi connectivity index (χ1n) is 9.51. The average Bonchev–Trinajstić information content (AvgIpc) is 2.72. The van der Waals surface area contributed by atoms with Crippen LogP contribution in [-0.4, -0.2) is 37.0 Å². The maximum Gasteiger partial charge on any atom is 0.308 e. The zero-order valence-corrected chi connectivity index (χ0v) is 16.7. The van der Waals surface area contributed by atoms with Gasteiger partial charge >= 0.3 is 5.97 Å². The molecule has 0 aliphatic heterocycles. The average molecular weight is 394 g/mol. The second kappa shape index (κ2) is 11.4. The van der Waals surface area contributed by atoms with Crippen LogP contribution in [0.15, 0.2) is 66.7 Å². The van der Waals surface area contributed by atoms with Crippen LogP contribution in [0.2, 0.25) is 0 Å². The lowest BCUT2D eigenvalue weighted by molar-refractivity contribution is -0.147. The summed E-state index contributed by atoms with van der Waals surface area (Å²) in [5, 5.41) is 2.62. The van der Waals surface area contributed by atoms with Gasteiger partial charge in [-0.05, 0) is 37.6 Å². The van der Waals surface area contributed by atoms with Crippen molar-refractivity contribution in [2.75, 3.05) is 18.1 Å². The smallest absolute Gasteiger partial charge is 0.308 e. The molecule has 0 fully saturated rings. The molecule has 0 spiro atoms. The van der Waals surface area contributed by atoms with Crippen molar-refractivity contribution in [2.45, 2.75) is 26.3 Å². The Hall–Kier alpha value is -3.41. The Balaban J connectivity index is 1.73. The molecule has 0 atom stereocenters. The summed E-state index contributed by atoms with van der Waals surface area (Å²) in [6.07, 6.45) is 3.09. The van der Waals surface area contributed by atoms with E-state index in [9.17, 15) is 14.4 Å². The van der Waals surface area contributed by atoms with E-state index < -0.39 is 5.97 Å². The minimum atomic E-state index is -0.539. The number of ether oxygens (including phenoxy) is 1. The fourth-order valence-electron chi connectivity index (χ4n) is 2.69. The van der Waals surface area contributed by atoms with E-state index in [1.165, 1.54) is 6.08 Å². The molecule has 2 aromatic carbocycles. The number of hydrogen-bond acceptors (Lipinski definition) is 4. The van der Waals surface area contributed by atoms with Crippen LogP contribution in [0.25, 0.3) is 6.08 Å². The van der Waals surface area contributed by atoms with Gasteiger partial charge < -0.3 is 15.0 Å². The van der Waals surface area contributed by atoms with E-state index >= 15 is 0 Å². The van der Waals surface area contributed by atoms with E-state index in [0.717, 1.165) is 11.3 Å². The van der Waals surface area contributed by atoms with Crippen molar-refractivity contribution in [1.29, 1.82) is 0 Å². The maximum atomic E-state index is 12.5. The molecule has 1 N–H and O–H groups in total. The molecule has 0 aliphatic rings. The Morgan fingerprint density at radius 1 is 1.00 bits per heavy atom. The molecule has 29 heavy (non-hydrogen) atoms. The van der Waals surface area contributed by atoms with Crippen LogP contribution < -0.4 is 10.2 Å². The summed E-state index contributed by atoms with van der Waals surface area (Å²) < 4.78 is 5.07. The molecule has 0 bridgehead atoms. The minimum absolute atomic E-state index is 0.00872. The number of rotatable bonds is 9. The number of para-hydroxylation sites is 1. The van der Waals surface area contributed by atoms with Crippen molar-refractivity contribution in [3.63, 3.8) is 0 Å². The summed E-state index contributed by atoms with van der Waals surface area (Å²) in [5.41, 5.74) is 1.66. The molecule has 2 rings (SSSR count). The third kappa shape index (κ3) is 7.62. The van der Waals surface area contributed by atoms with Gasteiger partial charge in [-0.3, -0.25) is 14.4 Å². The summed E-state index contributed by atoms with van der Waals surface area (Å²) in [6.45, 7) is 3.59. The van der Waals surface area contributed by atoms with Crippen LogP contribution in [-0.2, 0) is 19.1 Å². The van der Waals surface area contributed by atoms with E-state index in [4.69, 9.17) is 4.74 Å². The van der Waals surface area contributed by atoms with Gasteiger partial charge in [0.1, 0.15) is 0 Å². The highest BCUT2D eigenvalue weighted by Gasteiger charge is 2.20. The minimum Gasteiger partial charge on any atom is -0.455 e. The van der Waals surface area contributed by atoms with E-state index in [1.54, 1.807) is 11.0 Å². The standard InChI is InChI=1S/C23H26N2O4/c1-18(2)25(20-11-7-4-8-12-20)22(27)17-29-23(28)15-16-24-21(26)14-13-19-9-5-3-6-10-19/h3-14,18H,15-17H2,1-2H3,(H,24,26)/b14-13+. The monoisotopic (exact) mass is 394 g/mol. The molecule has 0 aliphatic carbocycles. The molecular formula is C23H26N2O4. The Kier molecular flexibility index (Phi) is 8.63. The second-order valence-electron chi connectivity index (χ2n) is 6.64. The third-order valence-electron chi connectivity index (χ3n) is 4.03. The summed E-state index contributed by atoms with van der Waals surface area (Å²) in [5.74, 6) is -1.13. The van der Waals surface area contributed by atoms with Crippen LogP contribution in [0.3, 0.4) is 0 Å². The number of benzene rings is 2. The number of hydrogen-bond donors (Lipinski definition) is 1. The van der Waals surface area contributed by atoms with Gasteiger partial charge in [0.05, 0.1) is 6.42 Å². The van der Waals surface area contributed by atoms with Gasteiger partial charge in [-0.25, -0.2) is 0 Å². The van der Waals surface area contributed by atoms with Crippen LogP contribution >= 0.6 is 0 Å². The lowest BCUT2D eigenvalue weighted by Gasteiger charge is -2.26. The quantitative estimate of drug-likeness (QED) is 0.524. The van der Waals surface area contributed by atoms with Crippen LogP contribution in [0.1, 0.15) is 25.8 Å². The van der Waals surface area contributed by atoms with Crippen molar-refractivity contribution in [3.05, 3.63) is 72.3 Å². The predicted molar refractivity (Wildman–Crippen MR) is 113 cm³/mol. The van der Waals surface area contributed by atoms with Gasteiger partial charge in [0.2, 0.25) is 5.91 Å². The number of nitrogens with zero attached hydrogens (tertiary/aromatic N) is 1. The molecule has 0 aromatic heterocycles. The van der Waals surface area contributed by atoms with E-state index in [1.807, 2.05) is 74.5 Å².